The zero-order valence-electron chi connectivity index (χ0n) is 11.4. The van der Waals surface area contributed by atoms with Gasteiger partial charge in [0.05, 0.1) is 12.8 Å². The van der Waals surface area contributed by atoms with Crippen molar-refractivity contribution in [1.29, 1.82) is 0 Å². The molecular weight excluding hydrogens is 224 g/mol. The van der Waals surface area contributed by atoms with Crippen LogP contribution in [0.2, 0.25) is 0 Å². The molecule has 0 unspecified atom stereocenters. The van der Waals surface area contributed by atoms with E-state index in [2.05, 4.69) is 36.4 Å². The summed E-state index contributed by atoms with van der Waals surface area (Å²) in [7, 11) is 1.71. The second-order valence-electron chi connectivity index (χ2n) is 5.20. The average molecular weight is 246 g/mol. The monoisotopic (exact) mass is 246 g/mol. The molecule has 0 spiro atoms. The summed E-state index contributed by atoms with van der Waals surface area (Å²) in [5, 5.41) is 3.48. The second kappa shape index (κ2) is 6.01. The first-order valence-electron chi connectivity index (χ1n) is 6.63. The molecule has 98 valence electrons. The summed E-state index contributed by atoms with van der Waals surface area (Å²) in [6.45, 7) is 6.56. The highest BCUT2D eigenvalue weighted by Crippen LogP contribution is 2.36. The second-order valence-corrected chi connectivity index (χ2v) is 5.20. The smallest absolute Gasteiger partial charge is 0.119 e. The highest BCUT2D eigenvalue weighted by molar-refractivity contribution is 5.81. The highest BCUT2D eigenvalue weighted by Gasteiger charge is 2.19. The first-order valence-corrected chi connectivity index (χ1v) is 6.63. The lowest BCUT2D eigenvalue weighted by Crippen LogP contribution is -2.22. The van der Waals surface area contributed by atoms with Gasteiger partial charge >= 0.3 is 0 Å². The molecule has 3 nitrogen and oxygen atoms in total. The van der Waals surface area contributed by atoms with Gasteiger partial charge in [0.2, 0.25) is 0 Å². The molecule has 1 aliphatic rings. The van der Waals surface area contributed by atoms with Crippen LogP contribution in [0.15, 0.2) is 23.2 Å². The van der Waals surface area contributed by atoms with Crippen molar-refractivity contribution in [2.45, 2.75) is 26.2 Å². The largest absolute Gasteiger partial charge is 0.497 e. The normalized spacial score (nSPS) is 17.2. The fourth-order valence-corrected chi connectivity index (χ4v) is 2.20. The molecule has 0 bridgehead atoms. The van der Waals surface area contributed by atoms with Crippen molar-refractivity contribution in [2.24, 2.45) is 10.9 Å². The van der Waals surface area contributed by atoms with Crippen LogP contribution in [0.25, 0.3) is 0 Å². The number of nitrogens with zero attached hydrogens (tertiary/aromatic N) is 1. The van der Waals surface area contributed by atoms with Crippen molar-refractivity contribution in [1.82, 2.24) is 5.32 Å². The average Bonchev–Trinajstić information content (AvgIpc) is 2.76. The van der Waals surface area contributed by atoms with Crippen molar-refractivity contribution in [3.05, 3.63) is 23.8 Å². The van der Waals surface area contributed by atoms with E-state index < -0.39 is 0 Å². The van der Waals surface area contributed by atoms with Crippen LogP contribution < -0.4 is 10.1 Å². The SMILES string of the molecule is COc1ccc2c(c1)[C@@H](CCNCC(C)C)C=N2. The number of hydrogen-bond donors (Lipinski definition) is 1. The number of aliphatic imine (C=N–C) groups is 1. The first kappa shape index (κ1) is 13.1. The van der Waals surface area contributed by atoms with E-state index in [9.17, 15) is 0 Å². The molecule has 1 aromatic carbocycles. The van der Waals surface area contributed by atoms with E-state index in [0.717, 1.165) is 30.9 Å². The number of methoxy groups -OCH3 is 1. The third-order valence-electron chi connectivity index (χ3n) is 3.21. The molecule has 1 aromatic rings. The van der Waals surface area contributed by atoms with Crippen LogP contribution in [0.4, 0.5) is 5.69 Å². The van der Waals surface area contributed by atoms with Gasteiger partial charge in [0.15, 0.2) is 0 Å². The van der Waals surface area contributed by atoms with Crippen LogP contribution in [0.1, 0.15) is 31.7 Å². The Morgan fingerprint density at radius 3 is 2.94 bits per heavy atom. The maximum atomic E-state index is 5.27. The molecule has 1 aliphatic heterocycles. The Kier molecular flexibility index (Phi) is 4.37. The van der Waals surface area contributed by atoms with Gasteiger partial charge in [-0.2, -0.15) is 0 Å². The summed E-state index contributed by atoms with van der Waals surface area (Å²) < 4.78 is 5.27. The predicted molar refractivity (Wildman–Crippen MR) is 76.2 cm³/mol. The molecule has 0 radical (unpaired) electrons. The molecule has 1 heterocycles. The maximum Gasteiger partial charge on any atom is 0.119 e. The van der Waals surface area contributed by atoms with E-state index in [1.165, 1.54) is 5.56 Å². The zero-order valence-corrected chi connectivity index (χ0v) is 11.4. The summed E-state index contributed by atoms with van der Waals surface area (Å²) >= 11 is 0. The summed E-state index contributed by atoms with van der Waals surface area (Å²) in [5.41, 5.74) is 2.38. The molecule has 0 aliphatic carbocycles. The molecule has 1 atom stereocenters. The van der Waals surface area contributed by atoms with Gasteiger partial charge in [-0.3, -0.25) is 4.99 Å². The topological polar surface area (TPSA) is 33.6 Å². The summed E-state index contributed by atoms with van der Waals surface area (Å²) in [6.07, 6.45) is 3.15. The lowest BCUT2D eigenvalue weighted by Gasteiger charge is -2.12. The lowest BCUT2D eigenvalue weighted by atomic mass is 9.97. The number of rotatable bonds is 6. The van der Waals surface area contributed by atoms with Crippen LogP contribution in [-0.2, 0) is 0 Å². The lowest BCUT2D eigenvalue weighted by molar-refractivity contribution is 0.414. The Labute approximate surface area is 109 Å². The Morgan fingerprint density at radius 1 is 1.39 bits per heavy atom. The minimum absolute atomic E-state index is 0.426. The molecular formula is C15H22N2O. The van der Waals surface area contributed by atoms with Crippen LogP contribution in [0, 0.1) is 5.92 Å². The summed E-state index contributed by atoms with van der Waals surface area (Å²) in [5.74, 6) is 2.05. The first-order chi connectivity index (χ1) is 8.70. The van der Waals surface area contributed by atoms with Gasteiger partial charge in [0.25, 0.3) is 0 Å². The van der Waals surface area contributed by atoms with Gasteiger partial charge in [-0.05, 0) is 49.2 Å². The molecule has 18 heavy (non-hydrogen) atoms. The molecule has 0 saturated carbocycles. The number of benzene rings is 1. The van der Waals surface area contributed by atoms with Crippen molar-refractivity contribution in [2.75, 3.05) is 20.2 Å². The van der Waals surface area contributed by atoms with Crippen molar-refractivity contribution in [3.63, 3.8) is 0 Å². The Bertz CT molecular complexity index is 427. The van der Waals surface area contributed by atoms with Gasteiger partial charge in [-0.25, -0.2) is 0 Å². The van der Waals surface area contributed by atoms with Crippen LogP contribution in [0.3, 0.4) is 0 Å². The molecule has 0 aromatic heterocycles. The van der Waals surface area contributed by atoms with Gasteiger partial charge in [-0.1, -0.05) is 13.8 Å². The Balaban J connectivity index is 1.92. The van der Waals surface area contributed by atoms with Crippen molar-refractivity contribution >= 4 is 11.9 Å². The van der Waals surface area contributed by atoms with E-state index in [1.807, 2.05) is 12.1 Å². The van der Waals surface area contributed by atoms with Crippen LogP contribution in [-0.4, -0.2) is 26.4 Å². The molecule has 1 N–H and O–H groups in total. The molecule has 2 rings (SSSR count). The quantitative estimate of drug-likeness (QED) is 0.782. The fourth-order valence-electron chi connectivity index (χ4n) is 2.20. The Hall–Kier alpha value is -1.35. The molecule has 0 fully saturated rings. The van der Waals surface area contributed by atoms with E-state index in [1.54, 1.807) is 7.11 Å². The third-order valence-corrected chi connectivity index (χ3v) is 3.21. The highest BCUT2D eigenvalue weighted by atomic mass is 16.5. The van der Waals surface area contributed by atoms with Gasteiger partial charge in [0.1, 0.15) is 5.75 Å². The van der Waals surface area contributed by atoms with Crippen molar-refractivity contribution in [3.8, 4) is 5.75 Å². The Morgan fingerprint density at radius 2 is 2.22 bits per heavy atom. The van der Waals surface area contributed by atoms with Crippen LogP contribution >= 0.6 is 0 Å². The molecule has 0 amide bonds. The van der Waals surface area contributed by atoms with Gasteiger partial charge in [-0.15, -0.1) is 0 Å². The minimum Gasteiger partial charge on any atom is -0.497 e. The number of fused-ring (bicyclic) bond motifs is 1. The molecule has 0 saturated heterocycles. The van der Waals surface area contributed by atoms with Crippen molar-refractivity contribution < 1.29 is 4.74 Å². The van der Waals surface area contributed by atoms with Gasteiger partial charge < -0.3 is 10.1 Å². The van der Waals surface area contributed by atoms with E-state index >= 15 is 0 Å². The third kappa shape index (κ3) is 3.10. The predicted octanol–water partition coefficient (Wildman–Crippen LogP) is 3.13. The van der Waals surface area contributed by atoms with E-state index in [4.69, 9.17) is 4.74 Å². The van der Waals surface area contributed by atoms with E-state index in [0.29, 0.717) is 11.8 Å². The van der Waals surface area contributed by atoms with E-state index in [-0.39, 0.29) is 0 Å². The summed E-state index contributed by atoms with van der Waals surface area (Å²) in [6, 6.07) is 6.11. The standard InChI is InChI=1S/C15H22N2O/c1-11(2)9-16-7-6-12-10-17-15-5-4-13(18-3)8-14(12)15/h4-5,8,10-12,16H,6-7,9H2,1-3H3/t12-/m0/s1. The fraction of sp³-hybridized carbons (Fsp3) is 0.533. The molecule has 3 heteroatoms. The van der Waals surface area contributed by atoms with Crippen LogP contribution in [0.5, 0.6) is 5.75 Å². The number of hydrogen-bond acceptors (Lipinski definition) is 3. The summed E-state index contributed by atoms with van der Waals surface area (Å²) in [4.78, 5) is 4.46. The van der Waals surface area contributed by atoms with Gasteiger partial charge in [0, 0.05) is 12.1 Å². The number of nitrogens with one attached hydrogen (secondary N) is 1. The minimum atomic E-state index is 0.426. The maximum absolute atomic E-state index is 5.27. The zero-order chi connectivity index (χ0) is 13.0. The number of ether oxygens (including phenoxy) is 1.